The SMILES string of the molecule is CC(C)NC(=O)CNC(=O)c1cc(N2C[C@@H]3C[C@H]2CN3)ccc1N. The van der Waals surface area contributed by atoms with Gasteiger partial charge in [0.2, 0.25) is 5.91 Å². The third-order valence-corrected chi connectivity index (χ3v) is 4.53. The number of nitrogens with zero attached hydrogens (tertiary/aromatic N) is 1. The first-order chi connectivity index (χ1) is 11.4. The van der Waals surface area contributed by atoms with E-state index in [0.717, 1.165) is 25.2 Å². The van der Waals surface area contributed by atoms with Gasteiger partial charge < -0.3 is 26.6 Å². The molecule has 0 radical (unpaired) electrons. The van der Waals surface area contributed by atoms with E-state index in [0.29, 0.717) is 23.3 Å². The lowest BCUT2D eigenvalue weighted by Crippen LogP contribution is -2.43. The van der Waals surface area contributed by atoms with Gasteiger partial charge in [0.1, 0.15) is 0 Å². The summed E-state index contributed by atoms with van der Waals surface area (Å²) >= 11 is 0. The number of piperazine rings is 1. The molecule has 2 bridgehead atoms. The second-order valence-corrected chi connectivity index (χ2v) is 6.82. The molecule has 0 saturated carbocycles. The number of nitrogen functional groups attached to an aromatic ring is 1. The molecule has 1 aromatic rings. The van der Waals surface area contributed by atoms with Crippen LogP contribution in [-0.4, -0.2) is 49.6 Å². The molecule has 0 aliphatic carbocycles. The molecular formula is C17H25N5O2. The number of carbonyl (C=O) groups is 2. The molecular weight excluding hydrogens is 306 g/mol. The average molecular weight is 331 g/mol. The van der Waals surface area contributed by atoms with Crippen molar-refractivity contribution in [3.63, 3.8) is 0 Å². The van der Waals surface area contributed by atoms with Crippen LogP contribution in [0.25, 0.3) is 0 Å². The highest BCUT2D eigenvalue weighted by Crippen LogP contribution is 2.31. The second-order valence-electron chi connectivity index (χ2n) is 6.82. The maximum Gasteiger partial charge on any atom is 0.253 e. The van der Waals surface area contributed by atoms with E-state index in [2.05, 4.69) is 20.9 Å². The van der Waals surface area contributed by atoms with E-state index in [1.807, 2.05) is 26.0 Å². The molecule has 5 N–H and O–H groups in total. The molecule has 130 valence electrons. The smallest absolute Gasteiger partial charge is 0.253 e. The van der Waals surface area contributed by atoms with Crippen LogP contribution in [0.4, 0.5) is 11.4 Å². The van der Waals surface area contributed by atoms with Crippen LogP contribution in [0.1, 0.15) is 30.6 Å². The highest BCUT2D eigenvalue weighted by Gasteiger charge is 2.37. The predicted molar refractivity (Wildman–Crippen MR) is 94.0 cm³/mol. The maximum atomic E-state index is 12.4. The standard InChI is InChI=1S/C17H25N5O2/c1-10(2)21-16(23)8-20-17(24)14-6-12(3-4-15(14)18)22-9-11-5-13(22)7-19-11/h3-4,6,10-11,13,19H,5,7-9,18H2,1-2H3,(H,20,24)(H,21,23)/t11-,13-/m0/s1. The predicted octanol–water partition coefficient (Wildman–Crippen LogP) is 0.0737. The second kappa shape index (κ2) is 6.68. The molecule has 2 atom stereocenters. The number of rotatable bonds is 5. The molecule has 0 spiro atoms. The van der Waals surface area contributed by atoms with Crippen LogP contribution in [-0.2, 0) is 4.79 Å². The molecule has 24 heavy (non-hydrogen) atoms. The molecule has 2 aliphatic heterocycles. The Kier molecular flexibility index (Phi) is 4.62. The minimum absolute atomic E-state index is 0.0435. The van der Waals surface area contributed by atoms with E-state index in [-0.39, 0.29) is 24.4 Å². The third kappa shape index (κ3) is 3.46. The van der Waals surface area contributed by atoms with Crippen molar-refractivity contribution >= 4 is 23.2 Å². The number of hydrogen-bond donors (Lipinski definition) is 4. The molecule has 2 heterocycles. The summed E-state index contributed by atoms with van der Waals surface area (Å²) in [6.45, 7) is 5.62. The summed E-state index contributed by atoms with van der Waals surface area (Å²) in [5, 5.41) is 8.84. The summed E-state index contributed by atoms with van der Waals surface area (Å²) < 4.78 is 0. The van der Waals surface area contributed by atoms with Crippen LogP contribution in [0, 0.1) is 0 Å². The third-order valence-electron chi connectivity index (χ3n) is 4.53. The number of amides is 2. The first-order valence-electron chi connectivity index (χ1n) is 8.41. The molecule has 7 heteroatoms. The zero-order chi connectivity index (χ0) is 17.3. The lowest BCUT2D eigenvalue weighted by atomic mass is 10.1. The first kappa shape index (κ1) is 16.6. The number of anilines is 2. The summed E-state index contributed by atoms with van der Waals surface area (Å²) in [5.41, 5.74) is 7.81. The van der Waals surface area contributed by atoms with Gasteiger partial charge in [-0.3, -0.25) is 9.59 Å². The highest BCUT2D eigenvalue weighted by molar-refractivity contribution is 6.01. The van der Waals surface area contributed by atoms with E-state index in [1.165, 1.54) is 0 Å². The number of benzene rings is 1. The fraction of sp³-hybridized carbons (Fsp3) is 0.529. The Balaban J connectivity index is 1.67. The van der Waals surface area contributed by atoms with E-state index >= 15 is 0 Å². The quantitative estimate of drug-likeness (QED) is 0.573. The van der Waals surface area contributed by atoms with Gasteiger partial charge in [-0.25, -0.2) is 0 Å². The van der Waals surface area contributed by atoms with Gasteiger partial charge in [0, 0.05) is 42.6 Å². The summed E-state index contributed by atoms with van der Waals surface area (Å²) in [5.74, 6) is -0.535. The summed E-state index contributed by atoms with van der Waals surface area (Å²) in [6.07, 6.45) is 1.14. The highest BCUT2D eigenvalue weighted by atomic mass is 16.2. The summed E-state index contributed by atoms with van der Waals surface area (Å²) in [6, 6.07) is 6.60. The monoisotopic (exact) mass is 331 g/mol. The number of carbonyl (C=O) groups excluding carboxylic acids is 2. The fourth-order valence-electron chi connectivity index (χ4n) is 3.43. The summed E-state index contributed by atoms with van der Waals surface area (Å²) in [4.78, 5) is 26.4. The van der Waals surface area contributed by atoms with Gasteiger partial charge in [0.15, 0.2) is 0 Å². The molecule has 2 aliphatic rings. The Morgan fingerprint density at radius 1 is 1.42 bits per heavy atom. The summed E-state index contributed by atoms with van der Waals surface area (Å²) in [7, 11) is 0. The lowest BCUT2D eigenvalue weighted by molar-refractivity contribution is -0.120. The zero-order valence-electron chi connectivity index (χ0n) is 14.1. The number of nitrogens with two attached hydrogens (primary N) is 1. The van der Waals surface area contributed by atoms with Crippen molar-refractivity contribution in [3.05, 3.63) is 23.8 Å². The Labute approximate surface area is 142 Å². The van der Waals surface area contributed by atoms with Crippen molar-refractivity contribution in [1.82, 2.24) is 16.0 Å². The van der Waals surface area contributed by atoms with Crippen molar-refractivity contribution in [2.24, 2.45) is 0 Å². The van der Waals surface area contributed by atoms with Gasteiger partial charge in [0.25, 0.3) is 5.91 Å². The molecule has 3 rings (SSSR count). The number of nitrogens with one attached hydrogen (secondary N) is 3. The molecule has 0 unspecified atom stereocenters. The average Bonchev–Trinajstić information content (AvgIpc) is 3.15. The topological polar surface area (TPSA) is 99.5 Å². The van der Waals surface area contributed by atoms with Gasteiger partial charge in [-0.2, -0.15) is 0 Å². The van der Waals surface area contributed by atoms with Gasteiger partial charge in [-0.05, 0) is 38.5 Å². The van der Waals surface area contributed by atoms with Crippen molar-refractivity contribution in [3.8, 4) is 0 Å². The number of hydrogen-bond acceptors (Lipinski definition) is 5. The van der Waals surface area contributed by atoms with Crippen LogP contribution in [0.15, 0.2) is 18.2 Å². The van der Waals surface area contributed by atoms with E-state index in [4.69, 9.17) is 5.73 Å². The van der Waals surface area contributed by atoms with Crippen LogP contribution in [0.2, 0.25) is 0 Å². The van der Waals surface area contributed by atoms with Crippen LogP contribution >= 0.6 is 0 Å². The van der Waals surface area contributed by atoms with Crippen LogP contribution in [0.3, 0.4) is 0 Å². The van der Waals surface area contributed by atoms with E-state index in [1.54, 1.807) is 6.07 Å². The largest absolute Gasteiger partial charge is 0.398 e. The minimum Gasteiger partial charge on any atom is -0.398 e. The maximum absolute atomic E-state index is 12.4. The Morgan fingerprint density at radius 3 is 2.83 bits per heavy atom. The van der Waals surface area contributed by atoms with Crippen molar-refractivity contribution in [1.29, 1.82) is 0 Å². The van der Waals surface area contributed by atoms with Crippen LogP contribution in [0.5, 0.6) is 0 Å². The van der Waals surface area contributed by atoms with Gasteiger partial charge in [-0.15, -0.1) is 0 Å². The molecule has 0 aromatic heterocycles. The van der Waals surface area contributed by atoms with Crippen molar-refractivity contribution in [2.45, 2.75) is 38.4 Å². The number of fused-ring (bicyclic) bond motifs is 2. The molecule has 1 aromatic carbocycles. The fourth-order valence-corrected chi connectivity index (χ4v) is 3.43. The van der Waals surface area contributed by atoms with Crippen molar-refractivity contribution in [2.75, 3.05) is 30.3 Å². The normalized spacial score (nSPS) is 22.0. The lowest BCUT2D eigenvalue weighted by Gasteiger charge is -2.30. The van der Waals surface area contributed by atoms with Gasteiger partial charge in [0.05, 0.1) is 12.1 Å². The Bertz CT molecular complexity index is 646. The van der Waals surface area contributed by atoms with E-state index < -0.39 is 0 Å². The van der Waals surface area contributed by atoms with Crippen LogP contribution < -0.4 is 26.6 Å². The Hall–Kier alpha value is -2.28. The zero-order valence-corrected chi connectivity index (χ0v) is 14.1. The van der Waals surface area contributed by atoms with Gasteiger partial charge >= 0.3 is 0 Å². The molecule has 2 amide bonds. The molecule has 7 nitrogen and oxygen atoms in total. The van der Waals surface area contributed by atoms with Gasteiger partial charge in [-0.1, -0.05) is 0 Å². The van der Waals surface area contributed by atoms with Crippen molar-refractivity contribution < 1.29 is 9.59 Å². The molecule has 2 fully saturated rings. The van der Waals surface area contributed by atoms with E-state index in [9.17, 15) is 9.59 Å². The Morgan fingerprint density at radius 2 is 2.21 bits per heavy atom. The first-order valence-corrected chi connectivity index (χ1v) is 8.41. The minimum atomic E-state index is -0.323. The molecule has 2 saturated heterocycles.